The lowest BCUT2D eigenvalue weighted by atomic mass is 9.42. The maximum atomic E-state index is 12.6. The van der Waals surface area contributed by atoms with E-state index in [4.69, 9.17) is 4.74 Å². The van der Waals surface area contributed by atoms with Crippen LogP contribution >= 0.6 is 0 Å². The lowest BCUT2D eigenvalue weighted by Gasteiger charge is -2.67. The Labute approximate surface area is 215 Å². The van der Waals surface area contributed by atoms with Crippen molar-refractivity contribution in [1.29, 1.82) is 0 Å². The molecule has 0 spiro atoms. The molecule has 206 valence electrons. The number of carbonyl (C=O) groups excluding carboxylic acids is 1. The van der Waals surface area contributed by atoms with Gasteiger partial charge in [0.25, 0.3) is 0 Å². The van der Waals surface area contributed by atoms with Gasteiger partial charge in [0.15, 0.2) is 0 Å². The molecule has 0 radical (unpaired) electrons. The number of esters is 1. The first kappa shape index (κ1) is 28.0. The largest absolute Gasteiger partial charge is 0.459 e. The van der Waals surface area contributed by atoms with Crippen molar-refractivity contribution in [2.24, 2.45) is 34.5 Å². The summed E-state index contributed by atoms with van der Waals surface area (Å²) in [6.45, 7) is 12.0. The van der Waals surface area contributed by atoms with Crippen LogP contribution in [0.4, 0.5) is 0 Å². The third kappa shape index (κ3) is 3.91. The molecule has 0 heterocycles. The summed E-state index contributed by atoms with van der Waals surface area (Å²) in [5.74, 6) is 0.967. The Morgan fingerprint density at radius 3 is 2.28 bits per heavy atom. The van der Waals surface area contributed by atoms with E-state index in [0.29, 0.717) is 29.7 Å². The van der Waals surface area contributed by atoms with Crippen molar-refractivity contribution >= 4 is 5.97 Å². The van der Waals surface area contributed by atoms with E-state index in [-0.39, 0.29) is 24.2 Å². The lowest BCUT2D eigenvalue weighted by molar-refractivity contribution is -0.297. The fourth-order valence-electron chi connectivity index (χ4n) is 8.95. The molecule has 0 aromatic rings. The number of rotatable bonds is 6. The standard InChI is InChI=1S/C29H48O7/c1-16(2)8-7-9-17(3)19-10-11-20-21-12-24(33)28(34)14-23(32)22(31)13-27(28,6)29(21,35)25(36-18(4)30)15-26(19,20)5/h12,16-17,19-20,22-25,31-35H,7-11,13-15H2,1-6H3/t17-,19?,20?,22-,23-,24-,25-,26-,27+,28+,29+/m1/s1. The summed E-state index contributed by atoms with van der Waals surface area (Å²) >= 11 is 0. The highest BCUT2D eigenvalue weighted by molar-refractivity contribution is 5.66. The summed E-state index contributed by atoms with van der Waals surface area (Å²) < 4.78 is 5.87. The van der Waals surface area contributed by atoms with Gasteiger partial charge in [0.2, 0.25) is 0 Å². The molecule has 7 nitrogen and oxygen atoms in total. The molecule has 0 aliphatic heterocycles. The molecule has 2 unspecified atom stereocenters. The van der Waals surface area contributed by atoms with Crippen LogP contribution in [0.2, 0.25) is 0 Å². The number of carbonyl (C=O) groups is 1. The van der Waals surface area contributed by atoms with Crippen LogP contribution in [0.5, 0.6) is 0 Å². The minimum Gasteiger partial charge on any atom is -0.459 e. The average Bonchev–Trinajstić information content (AvgIpc) is 3.10. The average molecular weight is 509 g/mol. The molecule has 5 N–H and O–H groups in total. The molecule has 0 saturated heterocycles. The Hall–Kier alpha value is -0.990. The van der Waals surface area contributed by atoms with Gasteiger partial charge in [0.05, 0.1) is 12.2 Å². The Kier molecular flexibility index (Phi) is 7.27. The fourth-order valence-corrected chi connectivity index (χ4v) is 8.95. The first-order chi connectivity index (χ1) is 16.6. The van der Waals surface area contributed by atoms with Crippen molar-refractivity contribution in [1.82, 2.24) is 0 Å². The Morgan fingerprint density at radius 1 is 1.03 bits per heavy atom. The van der Waals surface area contributed by atoms with Gasteiger partial charge in [0.1, 0.15) is 23.4 Å². The van der Waals surface area contributed by atoms with Crippen LogP contribution < -0.4 is 0 Å². The Bertz CT molecular complexity index is 887. The summed E-state index contributed by atoms with van der Waals surface area (Å²) in [6.07, 6.45) is 2.31. The lowest BCUT2D eigenvalue weighted by Crippen LogP contribution is -2.78. The molecular weight excluding hydrogens is 460 g/mol. The Balaban J connectivity index is 1.78. The van der Waals surface area contributed by atoms with Gasteiger partial charge >= 0.3 is 5.97 Å². The van der Waals surface area contributed by atoms with Crippen molar-refractivity contribution in [3.05, 3.63) is 11.6 Å². The number of hydrogen-bond donors (Lipinski definition) is 5. The zero-order valence-electron chi connectivity index (χ0n) is 22.9. The maximum Gasteiger partial charge on any atom is 0.303 e. The second-order valence-corrected chi connectivity index (χ2v) is 13.5. The number of aliphatic hydroxyl groups is 5. The van der Waals surface area contributed by atoms with Crippen LogP contribution in [-0.4, -0.2) is 67.1 Å². The van der Waals surface area contributed by atoms with Gasteiger partial charge in [-0.3, -0.25) is 4.79 Å². The summed E-state index contributed by atoms with van der Waals surface area (Å²) in [4.78, 5) is 12.3. The van der Waals surface area contributed by atoms with E-state index in [1.165, 1.54) is 19.8 Å². The predicted molar refractivity (Wildman–Crippen MR) is 136 cm³/mol. The fraction of sp³-hybridized carbons (Fsp3) is 0.897. The summed E-state index contributed by atoms with van der Waals surface area (Å²) in [5.41, 5.74) is -4.69. The van der Waals surface area contributed by atoms with E-state index in [0.717, 1.165) is 19.3 Å². The molecule has 4 rings (SSSR count). The smallest absolute Gasteiger partial charge is 0.303 e. The summed E-state index contributed by atoms with van der Waals surface area (Å²) in [7, 11) is 0. The van der Waals surface area contributed by atoms with E-state index < -0.39 is 47.0 Å². The highest BCUT2D eigenvalue weighted by Crippen LogP contribution is 2.69. The van der Waals surface area contributed by atoms with Crippen LogP contribution in [-0.2, 0) is 9.53 Å². The third-order valence-corrected chi connectivity index (χ3v) is 11.0. The number of aliphatic hydroxyl groups excluding tert-OH is 3. The van der Waals surface area contributed by atoms with Gasteiger partial charge < -0.3 is 30.3 Å². The maximum absolute atomic E-state index is 12.6. The van der Waals surface area contributed by atoms with Gasteiger partial charge in [-0.1, -0.05) is 60.0 Å². The molecular formula is C29H48O7. The van der Waals surface area contributed by atoms with Gasteiger partial charge in [-0.15, -0.1) is 0 Å². The van der Waals surface area contributed by atoms with E-state index in [9.17, 15) is 30.3 Å². The van der Waals surface area contributed by atoms with Gasteiger partial charge in [-0.05, 0) is 60.3 Å². The summed E-state index contributed by atoms with van der Waals surface area (Å²) in [5, 5.41) is 56.7. The topological polar surface area (TPSA) is 127 Å². The number of fused-ring (bicyclic) bond motifs is 5. The van der Waals surface area contributed by atoms with Crippen molar-refractivity contribution < 1.29 is 35.1 Å². The van der Waals surface area contributed by atoms with Crippen molar-refractivity contribution in [2.45, 2.75) is 129 Å². The van der Waals surface area contributed by atoms with Crippen molar-refractivity contribution in [3.63, 3.8) is 0 Å². The SMILES string of the molecule is CC(=O)O[C@@H]1C[C@@]2(C)C(CCC2[C@H](C)CCCC(C)C)C2=C[C@@H](O)[C@@]3(O)C[C@@H](O)[C@H](O)C[C@]3(C)[C@]21O. The van der Waals surface area contributed by atoms with E-state index in [1.807, 2.05) is 0 Å². The molecule has 3 fully saturated rings. The molecule has 0 aromatic carbocycles. The number of hydrogen-bond acceptors (Lipinski definition) is 7. The monoisotopic (exact) mass is 508 g/mol. The van der Waals surface area contributed by atoms with Crippen molar-refractivity contribution in [2.75, 3.05) is 0 Å². The van der Waals surface area contributed by atoms with Crippen LogP contribution in [0.15, 0.2) is 11.6 Å². The number of ether oxygens (including phenoxy) is 1. The molecule has 7 heteroatoms. The highest BCUT2D eigenvalue weighted by Gasteiger charge is 2.75. The second-order valence-electron chi connectivity index (χ2n) is 13.5. The molecule has 0 aromatic heterocycles. The van der Waals surface area contributed by atoms with Gasteiger partial charge in [-0.25, -0.2) is 0 Å². The van der Waals surface area contributed by atoms with Crippen LogP contribution in [0.25, 0.3) is 0 Å². The van der Waals surface area contributed by atoms with Gasteiger partial charge in [-0.2, -0.15) is 0 Å². The molecule has 0 amide bonds. The zero-order chi connectivity index (χ0) is 26.8. The highest BCUT2D eigenvalue weighted by atomic mass is 16.6. The van der Waals surface area contributed by atoms with Crippen LogP contribution in [0.1, 0.15) is 92.9 Å². The first-order valence-corrected chi connectivity index (χ1v) is 14.0. The van der Waals surface area contributed by atoms with Crippen LogP contribution in [0.3, 0.4) is 0 Å². The molecule has 36 heavy (non-hydrogen) atoms. The zero-order valence-corrected chi connectivity index (χ0v) is 22.9. The minimum atomic E-state index is -1.88. The van der Waals surface area contributed by atoms with Crippen molar-refractivity contribution in [3.8, 4) is 0 Å². The van der Waals surface area contributed by atoms with E-state index in [2.05, 4.69) is 27.7 Å². The van der Waals surface area contributed by atoms with Gasteiger partial charge in [0, 0.05) is 18.8 Å². The second kappa shape index (κ2) is 9.33. The summed E-state index contributed by atoms with van der Waals surface area (Å²) in [6, 6.07) is 0. The molecule has 4 aliphatic rings. The van der Waals surface area contributed by atoms with E-state index in [1.54, 1.807) is 13.0 Å². The first-order valence-electron chi connectivity index (χ1n) is 14.0. The quantitative estimate of drug-likeness (QED) is 0.276. The molecule has 11 atom stereocenters. The van der Waals surface area contributed by atoms with E-state index >= 15 is 0 Å². The minimum absolute atomic E-state index is 0.0353. The Morgan fingerprint density at radius 2 is 1.67 bits per heavy atom. The van der Waals surface area contributed by atoms with Crippen LogP contribution in [0, 0.1) is 34.5 Å². The molecule has 3 saturated carbocycles. The third-order valence-electron chi connectivity index (χ3n) is 11.0. The predicted octanol–water partition coefficient (Wildman–Crippen LogP) is 3.10. The molecule has 0 bridgehead atoms. The molecule has 4 aliphatic carbocycles. The normalized spacial score (nSPS) is 49.1.